The quantitative estimate of drug-likeness (QED) is 0.658. The number of halogens is 2. The van der Waals surface area contributed by atoms with Gasteiger partial charge in [-0.25, -0.2) is 22.2 Å². The summed E-state index contributed by atoms with van der Waals surface area (Å²) in [6, 6.07) is 9.84. The molecule has 1 aliphatic rings. The second-order valence-corrected chi connectivity index (χ2v) is 9.07. The number of rotatable bonds is 5. The van der Waals surface area contributed by atoms with E-state index in [2.05, 4.69) is 9.71 Å². The lowest BCUT2D eigenvalue weighted by Gasteiger charge is -2.33. The standard InChI is InChI=1S/C19H17F2N3O3S2/c20-15-5-3-13(10-16(15)21)23-29(25,26)14-4-6-19(22-11-14)24-7-8-27-17(12-24)18-2-1-9-28-18/h1-6,9-11,17,23H,7-8,12H2. The molecule has 0 amide bonds. The van der Waals surface area contributed by atoms with Crippen LogP contribution in [0, 0.1) is 11.6 Å². The van der Waals surface area contributed by atoms with Crippen molar-refractivity contribution in [3.63, 3.8) is 0 Å². The fraction of sp³-hybridized carbons (Fsp3) is 0.211. The lowest BCUT2D eigenvalue weighted by atomic mass is 10.2. The van der Waals surface area contributed by atoms with Crippen molar-refractivity contribution in [3.8, 4) is 0 Å². The molecule has 1 atom stereocenters. The third-order valence-corrected chi connectivity index (χ3v) is 6.78. The molecule has 1 N–H and O–H groups in total. The molecule has 3 heterocycles. The van der Waals surface area contributed by atoms with Crippen molar-refractivity contribution < 1.29 is 21.9 Å². The predicted molar refractivity (Wildman–Crippen MR) is 107 cm³/mol. The van der Waals surface area contributed by atoms with Gasteiger partial charge in [-0.15, -0.1) is 11.3 Å². The zero-order chi connectivity index (χ0) is 20.4. The van der Waals surface area contributed by atoms with Crippen LogP contribution < -0.4 is 9.62 Å². The van der Waals surface area contributed by atoms with Crippen molar-refractivity contribution in [2.45, 2.75) is 11.0 Å². The summed E-state index contributed by atoms with van der Waals surface area (Å²) in [5.41, 5.74) is -0.0695. The first-order valence-electron chi connectivity index (χ1n) is 8.76. The van der Waals surface area contributed by atoms with Gasteiger partial charge in [0.05, 0.1) is 18.8 Å². The lowest BCUT2D eigenvalue weighted by molar-refractivity contribution is 0.0418. The van der Waals surface area contributed by atoms with Crippen LogP contribution in [0.15, 0.2) is 58.9 Å². The van der Waals surface area contributed by atoms with E-state index < -0.39 is 21.7 Å². The summed E-state index contributed by atoms with van der Waals surface area (Å²) in [6.45, 7) is 1.81. The molecule has 6 nitrogen and oxygen atoms in total. The van der Waals surface area contributed by atoms with Gasteiger partial charge < -0.3 is 9.64 Å². The normalized spacial score (nSPS) is 17.3. The smallest absolute Gasteiger partial charge is 0.263 e. The zero-order valence-electron chi connectivity index (χ0n) is 15.1. The Bertz CT molecular complexity index is 1090. The number of ether oxygens (including phenoxy) is 1. The first-order valence-corrected chi connectivity index (χ1v) is 11.1. The van der Waals surface area contributed by atoms with Crippen LogP contribution in [-0.4, -0.2) is 33.1 Å². The van der Waals surface area contributed by atoms with Crippen molar-refractivity contribution >= 4 is 32.9 Å². The fourth-order valence-electron chi connectivity index (χ4n) is 3.00. The Morgan fingerprint density at radius 1 is 1.17 bits per heavy atom. The number of aromatic nitrogens is 1. The lowest BCUT2D eigenvalue weighted by Crippen LogP contribution is -2.38. The van der Waals surface area contributed by atoms with E-state index in [4.69, 9.17) is 4.74 Å². The molecule has 10 heteroatoms. The van der Waals surface area contributed by atoms with Crippen LogP contribution in [0.2, 0.25) is 0 Å². The molecule has 0 saturated carbocycles. The number of thiophene rings is 1. The highest BCUT2D eigenvalue weighted by atomic mass is 32.2. The van der Waals surface area contributed by atoms with E-state index >= 15 is 0 Å². The van der Waals surface area contributed by atoms with Crippen LogP contribution in [0.3, 0.4) is 0 Å². The van der Waals surface area contributed by atoms with Gasteiger partial charge in [0.2, 0.25) is 0 Å². The summed E-state index contributed by atoms with van der Waals surface area (Å²) >= 11 is 1.63. The molecule has 1 saturated heterocycles. The molecule has 1 aliphatic heterocycles. The fourth-order valence-corrected chi connectivity index (χ4v) is 4.76. The molecule has 2 aromatic heterocycles. The molecule has 4 rings (SSSR count). The Morgan fingerprint density at radius 2 is 2.03 bits per heavy atom. The van der Waals surface area contributed by atoms with E-state index in [0.717, 1.165) is 23.1 Å². The molecule has 0 bridgehead atoms. The Balaban J connectivity index is 1.48. The number of hydrogen-bond donors (Lipinski definition) is 1. The minimum Gasteiger partial charge on any atom is -0.369 e. The molecule has 1 unspecified atom stereocenters. The Kier molecular flexibility index (Phi) is 5.48. The highest BCUT2D eigenvalue weighted by Gasteiger charge is 2.24. The summed E-state index contributed by atoms with van der Waals surface area (Å²) in [7, 11) is -3.98. The topological polar surface area (TPSA) is 71.5 Å². The van der Waals surface area contributed by atoms with Gasteiger partial charge in [0.15, 0.2) is 11.6 Å². The first kappa shape index (κ1) is 19.7. The molecular formula is C19H17F2N3O3S2. The molecule has 152 valence electrons. The van der Waals surface area contributed by atoms with Gasteiger partial charge in [-0.1, -0.05) is 6.07 Å². The number of morpholine rings is 1. The van der Waals surface area contributed by atoms with Crippen LogP contribution in [0.25, 0.3) is 0 Å². The van der Waals surface area contributed by atoms with Gasteiger partial charge in [-0.05, 0) is 35.7 Å². The van der Waals surface area contributed by atoms with Crippen molar-refractivity contribution in [3.05, 3.63) is 70.6 Å². The van der Waals surface area contributed by atoms with Crippen molar-refractivity contribution in [2.75, 3.05) is 29.3 Å². The Hall–Kier alpha value is -2.56. The van der Waals surface area contributed by atoms with Crippen LogP contribution in [0.4, 0.5) is 20.3 Å². The maximum Gasteiger partial charge on any atom is 0.263 e. The molecule has 1 fully saturated rings. The molecule has 0 radical (unpaired) electrons. The summed E-state index contributed by atoms with van der Waals surface area (Å²) < 4.78 is 59.4. The zero-order valence-corrected chi connectivity index (χ0v) is 16.7. The molecule has 1 aromatic carbocycles. The molecule has 29 heavy (non-hydrogen) atoms. The van der Waals surface area contributed by atoms with Crippen LogP contribution in [0.5, 0.6) is 0 Å². The van der Waals surface area contributed by atoms with Gasteiger partial charge >= 0.3 is 0 Å². The molecular weight excluding hydrogens is 420 g/mol. The molecule has 3 aromatic rings. The van der Waals surface area contributed by atoms with Crippen LogP contribution in [0.1, 0.15) is 11.0 Å². The summed E-state index contributed by atoms with van der Waals surface area (Å²) in [6.07, 6.45) is 1.19. The van der Waals surface area contributed by atoms with Crippen LogP contribution >= 0.6 is 11.3 Å². The van der Waals surface area contributed by atoms with Gasteiger partial charge in [0, 0.05) is 23.7 Å². The van der Waals surface area contributed by atoms with Gasteiger partial charge in [0.25, 0.3) is 10.0 Å². The minimum atomic E-state index is -3.98. The average molecular weight is 437 g/mol. The van der Waals surface area contributed by atoms with Crippen molar-refractivity contribution in [2.24, 2.45) is 0 Å². The number of anilines is 2. The number of hydrogen-bond acceptors (Lipinski definition) is 6. The molecule has 0 aliphatic carbocycles. The summed E-state index contributed by atoms with van der Waals surface area (Å²) in [4.78, 5) is 7.37. The Morgan fingerprint density at radius 3 is 2.72 bits per heavy atom. The van der Waals surface area contributed by atoms with E-state index in [0.29, 0.717) is 25.5 Å². The average Bonchev–Trinajstić information content (AvgIpc) is 3.26. The van der Waals surface area contributed by atoms with Crippen molar-refractivity contribution in [1.82, 2.24) is 4.98 Å². The highest BCUT2D eigenvalue weighted by molar-refractivity contribution is 7.92. The molecule has 0 spiro atoms. The highest BCUT2D eigenvalue weighted by Crippen LogP contribution is 2.28. The van der Waals surface area contributed by atoms with E-state index in [1.54, 1.807) is 17.4 Å². The number of pyridine rings is 1. The number of nitrogens with one attached hydrogen (secondary N) is 1. The van der Waals surface area contributed by atoms with Gasteiger partial charge in [0.1, 0.15) is 16.8 Å². The third-order valence-electron chi connectivity index (χ3n) is 4.45. The largest absolute Gasteiger partial charge is 0.369 e. The SMILES string of the molecule is O=S(=O)(Nc1ccc(F)c(F)c1)c1ccc(N2CCOC(c3cccs3)C2)nc1. The summed E-state index contributed by atoms with van der Waals surface area (Å²) in [5, 5.41) is 2.00. The summed E-state index contributed by atoms with van der Waals surface area (Å²) in [5.74, 6) is -1.54. The van der Waals surface area contributed by atoms with Gasteiger partial charge in [-0.3, -0.25) is 4.72 Å². The van der Waals surface area contributed by atoms with E-state index in [-0.39, 0.29) is 16.7 Å². The number of sulfonamides is 1. The van der Waals surface area contributed by atoms with Crippen molar-refractivity contribution in [1.29, 1.82) is 0 Å². The minimum absolute atomic E-state index is 0.0519. The monoisotopic (exact) mass is 437 g/mol. The maximum atomic E-state index is 13.3. The van der Waals surface area contributed by atoms with Gasteiger partial charge in [-0.2, -0.15) is 0 Å². The number of nitrogens with zero attached hydrogens (tertiary/aromatic N) is 2. The first-order chi connectivity index (χ1) is 13.9. The third kappa shape index (κ3) is 4.39. The second kappa shape index (κ2) is 8.05. The predicted octanol–water partition coefficient (Wildman–Crippen LogP) is 3.80. The second-order valence-electron chi connectivity index (χ2n) is 6.41. The van der Waals surface area contributed by atoms with E-state index in [1.165, 1.54) is 12.3 Å². The Labute approximate surface area is 170 Å². The van der Waals surface area contributed by atoms with E-state index in [9.17, 15) is 17.2 Å². The van der Waals surface area contributed by atoms with Crippen LogP contribution in [-0.2, 0) is 14.8 Å². The number of benzene rings is 1. The van der Waals surface area contributed by atoms with E-state index in [1.807, 2.05) is 22.4 Å². The maximum absolute atomic E-state index is 13.3.